The lowest BCUT2D eigenvalue weighted by Gasteiger charge is -2.05. The van der Waals surface area contributed by atoms with Gasteiger partial charge in [0.15, 0.2) is 5.78 Å². The third-order valence-corrected chi connectivity index (χ3v) is 3.58. The molecule has 0 amide bonds. The predicted octanol–water partition coefficient (Wildman–Crippen LogP) is 5.24. The van der Waals surface area contributed by atoms with Crippen LogP contribution in [0.2, 0.25) is 5.02 Å². The molecule has 1 nitrogen and oxygen atoms in total. The van der Waals surface area contributed by atoms with Crippen LogP contribution in [0.25, 0.3) is 11.1 Å². The molecule has 0 aliphatic heterocycles. The Hall–Kier alpha value is -2.38. The van der Waals surface area contributed by atoms with E-state index in [1.807, 2.05) is 78.9 Å². The second kappa shape index (κ2) is 5.94. The van der Waals surface area contributed by atoms with E-state index in [0.29, 0.717) is 16.1 Å². The molecule has 0 radical (unpaired) electrons. The van der Waals surface area contributed by atoms with E-state index in [4.69, 9.17) is 11.6 Å². The molecular formula is C19H13ClO. The molecule has 3 rings (SSSR count). The number of benzene rings is 3. The molecule has 0 unspecified atom stereocenters. The fraction of sp³-hybridized carbons (Fsp3) is 0. The van der Waals surface area contributed by atoms with E-state index in [2.05, 4.69) is 0 Å². The van der Waals surface area contributed by atoms with E-state index in [-0.39, 0.29) is 5.78 Å². The lowest BCUT2D eigenvalue weighted by molar-refractivity contribution is 0.103. The van der Waals surface area contributed by atoms with Crippen molar-refractivity contribution in [2.75, 3.05) is 0 Å². The Morgan fingerprint density at radius 1 is 0.667 bits per heavy atom. The number of hydrogen-bond acceptors (Lipinski definition) is 1. The van der Waals surface area contributed by atoms with Crippen LogP contribution in [-0.4, -0.2) is 5.78 Å². The van der Waals surface area contributed by atoms with Gasteiger partial charge in [-0.05, 0) is 23.3 Å². The first kappa shape index (κ1) is 13.6. The number of carbonyl (C=O) groups excluding carboxylic acids is 1. The van der Waals surface area contributed by atoms with Crippen LogP contribution in [-0.2, 0) is 0 Å². The molecule has 0 saturated carbocycles. The van der Waals surface area contributed by atoms with Gasteiger partial charge in [-0.1, -0.05) is 78.3 Å². The molecule has 2 heteroatoms. The van der Waals surface area contributed by atoms with Gasteiger partial charge in [-0.15, -0.1) is 0 Å². The van der Waals surface area contributed by atoms with Crippen molar-refractivity contribution in [3.8, 4) is 11.1 Å². The third-order valence-electron chi connectivity index (χ3n) is 3.34. The van der Waals surface area contributed by atoms with Crippen LogP contribution in [0.15, 0.2) is 78.9 Å². The summed E-state index contributed by atoms with van der Waals surface area (Å²) < 4.78 is 0. The van der Waals surface area contributed by atoms with Crippen LogP contribution < -0.4 is 0 Å². The number of hydrogen-bond donors (Lipinski definition) is 0. The van der Waals surface area contributed by atoms with Crippen molar-refractivity contribution in [2.45, 2.75) is 0 Å². The van der Waals surface area contributed by atoms with Gasteiger partial charge < -0.3 is 0 Å². The van der Waals surface area contributed by atoms with Gasteiger partial charge in [0.1, 0.15) is 0 Å². The molecule has 3 aromatic rings. The van der Waals surface area contributed by atoms with E-state index in [1.54, 1.807) is 0 Å². The second-order valence-corrected chi connectivity index (χ2v) is 5.22. The Balaban J connectivity index is 1.89. The summed E-state index contributed by atoms with van der Waals surface area (Å²) in [7, 11) is 0. The molecule has 0 aromatic heterocycles. The normalized spacial score (nSPS) is 10.3. The maximum absolute atomic E-state index is 12.3. The van der Waals surface area contributed by atoms with Gasteiger partial charge in [0, 0.05) is 16.1 Å². The first-order valence-corrected chi connectivity index (χ1v) is 7.07. The molecular weight excluding hydrogens is 280 g/mol. The summed E-state index contributed by atoms with van der Waals surface area (Å²) in [6.07, 6.45) is 0. The average molecular weight is 293 g/mol. The Morgan fingerprint density at radius 3 is 2.00 bits per heavy atom. The highest BCUT2D eigenvalue weighted by Gasteiger charge is 2.08. The lowest BCUT2D eigenvalue weighted by atomic mass is 9.99. The topological polar surface area (TPSA) is 17.1 Å². The largest absolute Gasteiger partial charge is 0.289 e. The van der Waals surface area contributed by atoms with E-state index in [1.165, 1.54) is 0 Å². The van der Waals surface area contributed by atoms with E-state index in [9.17, 15) is 4.79 Å². The maximum Gasteiger partial charge on any atom is 0.193 e. The minimum atomic E-state index is 0.0354. The number of halogens is 1. The van der Waals surface area contributed by atoms with Crippen LogP contribution in [0.4, 0.5) is 0 Å². The van der Waals surface area contributed by atoms with Gasteiger partial charge in [-0.3, -0.25) is 4.79 Å². The summed E-state index contributed by atoms with van der Waals surface area (Å²) >= 11 is 6.00. The minimum Gasteiger partial charge on any atom is -0.289 e. The van der Waals surface area contributed by atoms with E-state index >= 15 is 0 Å². The SMILES string of the molecule is O=C(c1ccccc1)c1ccc(-c2cccc(Cl)c2)cc1. The van der Waals surface area contributed by atoms with Crippen molar-refractivity contribution in [3.63, 3.8) is 0 Å². The Labute approximate surface area is 128 Å². The lowest BCUT2D eigenvalue weighted by Crippen LogP contribution is -2.00. The highest BCUT2D eigenvalue weighted by atomic mass is 35.5. The van der Waals surface area contributed by atoms with Crippen molar-refractivity contribution >= 4 is 17.4 Å². The maximum atomic E-state index is 12.3. The number of carbonyl (C=O) groups is 1. The molecule has 21 heavy (non-hydrogen) atoms. The van der Waals surface area contributed by atoms with Gasteiger partial charge in [0.25, 0.3) is 0 Å². The van der Waals surface area contributed by atoms with Crippen molar-refractivity contribution in [1.82, 2.24) is 0 Å². The number of ketones is 1. The van der Waals surface area contributed by atoms with Crippen LogP contribution >= 0.6 is 11.6 Å². The monoisotopic (exact) mass is 292 g/mol. The van der Waals surface area contributed by atoms with Crippen LogP contribution in [0, 0.1) is 0 Å². The summed E-state index contributed by atoms with van der Waals surface area (Å²) in [5, 5.41) is 0.705. The summed E-state index contributed by atoms with van der Waals surface area (Å²) in [4.78, 5) is 12.3. The molecule has 0 saturated heterocycles. The molecule has 102 valence electrons. The fourth-order valence-electron chi connectivity index (χ4n) is 2.24. The van der Waals surface area contributed by atoms with Gasteiger partial charge in [-0.25, -0.2) is 0 Å². The first-order chi connectivity index (χ1) is 10.2. The molecule has 0 bridgehead atoms. The van der Waals surface area contributed by atoms with Gasteiger partial charge in [-0.2, -0.15) is 0 Å². The highest BCUT2D eigenvalue weighted by Crippen LogP contribution is 2.23. The van der Waals surface area contributed by atoms with Gasteiger partial charge >= 0.3 is 0 Å². The Bertz CT molecular complexity index is 761. The zero-order chi connectivity index (χ0) is 14.7. The average Bonchev–Trinajstić information content (AvgIpc) is 2.55. The van der Waals surface area contributed by atoms with Crippen LogP contribution in [0.3, 0.4) is 0 Å². The molecule has 3 aromatic carbocycles. The highest BCUT2D eigenvalue weighted by molar-refractivity contribution is 6.30. The van der Waals surface area contributed by atoms with E-state index in [0.717, 1.165) is 11.1 Å². The summed E-state index contributed by atoms with van der Waals surface area (Å²) in [6, 6.07) is 24.6. The molecule has 0 heterocycles. The van der Waals surface area contributed by atoms with Crippen molar-refractivity contribution in [1.29, 1.82) is 0 Å². The van der Waals surface area contributed by atoms with Gasteiger partial charge in [0.05, 0.1) is 0 Å². The minimum absolute atomic E-state index is 0.0354. The number of rotatable bonds is 3. The van der Waals surface area contributed by atoms with Crippen molar-refractivity contribution in [3.05, 3.63) is 95.0 Å². The fourth-order valence-corrected chi connectivity index (χ4v) is 2.43. The molecule has 0 atom stereocenters. The van der Waals surface area contributed by atoms with Gasteiger partial charge in [0.2, 0.25) is 0 Å². The Kier molecular flexibility index (Phi) is 3.85. The predicted molar refractivity (Wildman–Crippen MR) is 86.8 cm³/mol. The smallest absolute Gasteiger partial charge is 0.193 e. The zero-order valence-electron chi connectivity index (χ0n) is 11.3. The van der Waals surface area contributed by atoms with Crippen molar-refractivity contribution < 1.29 is 4.79 Å². The first-order valence-electron chi connectivity index (χ1n) is 6.70. The standard InChI is InChI=1S/C19H13ClO/c20-18-8-4-7-17(13-18)14-9-11-16(12-10-14)19(21)15-5-2-1-3-6-15/h1-13H. The molecule has 0 aliphatic rings. The summed E-state index contributed by atoms with van der Waals surface area (Å²) in [6.45, 7) is 0. The van der Waals surface area contributed by atoms with E-state index < -0.39 is 0 Å². The summed E-state index contributed by atoms with van der Waals surface area (Å²) in [5.74, 6) is 0.0354. The van der Waals surface area contributed by atoms with Crippen molar-refractivity contribution in [2.24, 2.45) is 0 Å². The molecule has 0 spiro atoms. The molecule has 0 aliphatic carbocycles. The zero-order valence-corrected chi connectivity index (χ0v) is 12.0. The third kappa shape index (κ3) is 3.04. The molecule has 0 fully saturated rings. The summed E-state index contributed by atoms with van der Waals surface area (Å²) in [5.41, 5.74) is 3.48. The second-order valence-electron chi connectivity index (χ2n) is 4.78. The van der Waals surface area contributed by atoms with Crippen LogP contribution in [0.5, 0.6) is 0 Å². The molecule has 0 N–H and O–H groups in total. The Morgan fingerprint density at radius 2 is 1.33 bits per heavy atom. The quantitative estimate of drug-likeness (QED) is 0.603. The van der Waals surface area contributed by atoms with Crippen LogP contribution in [0.1, 0.15) is 15.9 Å².